The van der Waals surface area contributed by atoms with Crippen molar-refractivity contribution >= 4 is 0 Å². The maximum atomic E-state index is 10.1. The monoisotopic (exact) mass is 419 g/mol. The Labute approximate surface area is 185 Å². The molecule has 1 N–H and O–H groups in total. The van der Waals surface area contributed by atoms with E-state index in [4.69, 9.17) is 9.47 Å². The van der Waals surface area contributed by atoms with Crippen molar-refractivity contribution < 1.29 is 14.6 Å². The molecule has 2 unspecified atom stereocenters. The molecule has 0 aliphatic heterocycles. The second kappa shape index (κ2) is 14.5. The van der Waals surface area contributed by atoms with Gasteiger partial charge < -0.3 is 19.5 Å². The summed E-state index contributed by atoms with van der Waals surface area (Å²) in [6.07, 6.45) is 8.77. The fourth-order valence-electron chi connectivity index (χ4n) is 3.65. The smallest absolute Gasteiger partial charge is 0.161 e. The van der Waals surface area contributed by atoms with Crippen LogP contribution in [0.2, 0.25) is 0 Å². The van der Waals surface area contributed by atoms with Crippen molar-refractivity contribution in [2.24, 2.45) is 23.7 Å². The number of ether oxygens (including phenoxy) is 2. The average molecular weight is 420 g/mol. The van der Waals surface area contributed by atoms with Crippen LogP contribution in [0.5, 0.6) is 11.5 Å². The Morgan fingerprint density at radius 2 is 1.60 bits per heavy atom. The number of phenolic OH excluding ortho intramolecular Hbond substituents is 1. The van der Waals surface area contributed by atoms with Crippen molar-refractivity contribution in [3.05, 3.63) is 35.9 Å². The minimum absolute atomic E-state index is 0.206. The molecule has 1 aromatic rings. The number of hydrogen-bond donors (Lipinski definition) is 1. The van der Waals surface area contributed by atoms with Crippen LogP contribution in [0.25, 0.3) is 0 Å². The van der Waals surface area contributed by atoms with E-state index in [1.165, 1.54) is 5.56 Å². The average Bonchev–Trinajstić information content (AvgIpc) is 2.68. The lowest BCUT2D eigenvalue weighted by Crippen LogP contribution is -2.24. The first-order chi connectivity index (χ1) is 14.2. The zero-order valence-electron chi connectivity index (χ0n) is 20.4. The number of aromatic hydroxyl groups is 1. The van der Waals surface area contributed by atoms with Gasteiger partial charge in [-0.1, -0.05) is 45.9 Å². The standard InChI is InChI=1S/C26H45NO3/c1-20(2)23(11-8-9-12-24(21(3)4)19-27(5)6)17-22-13-14-25(28)26(18-22)30-16-10-15-29-7/h8-9,13-14,18,20-21,23-24,28H,10-12,15-17,19H2,1-7H3/b9-8+. The van der Waals surface area contributed by atoms with Crippen LogP contribution < -0.4 is 4.74 Å². The van der Waals surface area contributed by atoms with Crippen LogP contribution in [-0.4, -0.2) is 51.0 Å². The van der Waals surface area contributed by atoms with Crippen molar-refractivity contribution in [3.63, 3.8) is 0 Å². The van der Waals surface area contributed by atoms with Crippen molar-refractivity contribution in [1.82, 2.24) is 4.90 Å². The van der Waals surface area contributed by atoms with Gasteiger partial charge in [0.1, 0.15) is 0 Å². The number of methoxy groups -OCH3 is 1. The van der Waals surface area contributed by atoms with Crippen LogP contribution in [0, 0.1) is 23.7 Å². The van der Waals surface area contributed by atoms with E-state index in [0.29, 0.717) is 42.6 Å². The molecule has 0 aromatic heterocycles. The molecule has 0 fully saturated rings. The normalized spacial score (nSPS) is 14.2. The summed E-state index contributed by atoms with van der Waals surface area (Å²) in [5.74, 6) is 3.33. The number of phenols is 1. The fraction of sp³-hybridized carbons (Fsp3) is 0.692. The molecule has 0 spiro atoms. The van der Waals surface area contributed by atoms with E-state index in [1.807, 2.05) is 12.1 Å². The Balaban J connectivity index is 2.66. The number of hydrogen-bond acceptors (Lipinski definition) is 4. The van der Waals surface area contributed by atoms with Gasteiger partial charge in [-0.3, -0.25) is 0 Å². The third kappa shape index (κ3) is 10.5. The van der Waals surface area contributed by atoms with Gasteiger partial charge in [-0.25, -0.2) is 0 Å². The minimum atomic E-state index is 0.206. The van der Waals surface area contributed by atoms with Gasteiger partial charge in [0.25, 0.3) is 0 Å². The topological polar surface area (TPSA) is 41.9 Å². The van der Waals surface area contributed by atoms with E-state index in [0.717, 1.165) is 32.2 Å². The van der Waals surface area contributed by atoms with Gasteiger partial charge in [0.05, 0.1) is 6.61 Å². The molecule has 0 aliphatic rings. The molecule has 30 heavy (non-hydrogen) atoms. The quantitative estimate of drug-likeness (QED) is 0.288. The number of benzene rings is 1. The van der Waals surface area contributed by atoms with Crippen molar-refractivity contribution in [1.29, 1.82) is 0 Å². The maximum Gasteiger partial charge on any atom is 0.161 e. The molecule has 0 bridgehead atoms. The summed E-state index contributed by atoms with van der Waals surface area (Å²) in [5.41, 5.74) is 1.22. The minimum Gasteiger partial charge on any atom is -0.504 e. The summed E-state index contributed by atoms with van der Waals surface area (Å²) in [6, 6.07) is 5.76. The molecule has 172 valence electrons. The zero-order chi connectivity index (χ0) is 22.5. The fourth-order valence-corrected chi connectivity index (χ4v) is 3.65. The molecule has 1 aromatic carbocycles. The molecular weight excluding hydrogens is 374 g/mol. The van der Waals surface area contributed by atoms with Gasteiger partial charge in [0, 0.05) is 26.7 Å². The first kappa shape index (κ1) is 26.5. The molecule has 4 heteroatoms. The van der Waals surface area contributed by atoms with Crippen LogP contribution in [0.1, 0.15) is 52.5 Å². The maximum absolute atomic E-state index is 10.1. The SMILES string of the molecule is COCCCOc1cc(CC(C/C=C/CC(CN(C)C)C(C)C)C(C)C)ccc1O. The molecule has 0 radical (unpaired) electrons. The van der Waals surface area contributed by atoms with Gasteiger partial charge in [-0.2, -0.15) is 0 Å². The van der Waals surface area contributed by atoms with E-state index in [2.05, 4.69) is 58.8 Å². The van der Waals surface area contributed by atoms with E-state index in [9.17, 15) is 5.11 Å². The number of allylic oxidation sites excluding steroid dienone is 2. The Kier molecular flexibility index (Phi) is 12.8. The summed E-state index contributed by atoms with van der Waals surface area (Å²) in [5, 5.41) is 10.1. The van der Waals surface area contributed by atoms with Crippen LogP contribution in [0.4, 0.5) is 0 Å². The van der Waals surface area contributed by atoms with E-state index < -0.39 is 0 Å². The van der Waals surface area contributed by atoms with Gasteiger partial charge in [-0.15, -0.1) is 0 Å². The molecule has 0 aliphatic carbocycles. The Bertz CT molecular complexity index is 610. The lowest BCUT2D eigenvalue weighted by molar-refractivity contribution is 0.170. The molecule has 0 saturated heterocycles. The molecule has 0 amide bonds. The molecular formula is C26H45NO3. The molecule has 1 rings (SSSR count). The van der Waals surface area contributed by atoms with Gasteiger partial charge in [0.15, 0.2) is 11.5 Å². The van der Waals surface area contributed by atoms with E-state index >= 15 is 0 Å². The lowest BCUT2D eigenvalue weighted by atomic mass is 9.86. The predicted octanol–water partition coefficient (Wildman–Crippen LogP) is 5.79. The number of nitrogens with zero attached hydrogens (tertiary/aromatic N) is 1. The van der Waals surface area contributed by atoms with E-state index in [-0.39, 0.29) is 5.75 Å². The molecule has 4 nitrogen and oxygen atoms in total. The highest BCUT2D eigenvalue weighted by Gasteiger charge is 2.15. The second-order valence-corrected chi connectivity index (χ2v) is 9.41. The van der Waals surface area contributed by atoms with Gasteiger partial charge in [-0.05, 0) is 74.7 Å². The Hall–Kier alpha value is -1.52. The summed E-state index contributed by atoms with van der Waals surface area (Å²) in [7, 11) is 5.99. The van der Waals surface area contributed by atoms with Crippen LogP contribution in [0.3, 0.4) is 0 Å². The third-order valence-corrected chi connectivity index (χ3v) is 5.80. The van der Waals surface area contributed by atoms with Gasteiger partial charge >= 0.3 is 0 Å². The highest BCUT2D eigenvalue weighted by atomic mass is 16.5. The predicted molar refractivity (Wildman–Crippen MR) is 127 cm³/mol. The number of rotatable bonds is 15. The third-order valence-electron chi connectivity index (χ3n) is 5.80. The zero-order valence-corrected chi connectivity index (χ0v) is 20.4. The van der Waals surface area contributed by atoms with Crippen LogP contribution in [-0.2, 0) is 11.2 Å². The van der Waals surface area contributed by atoms with Crippen molar-refractivity contribution in [2.75, 3.05) is 41.0 Å². The lowest BCUT2D eigenvalue weighted by Gasteiger charge is -2.23. The Morgan fingerprint density at radius 3 is 2.17 bits per heavy atom. The summed E-state index contributed by atoms with van der Waals surface area (Å²) >= 11 is 0. The highest BCUT2D eigenvalue weighted by molar-refractivity contribution is 5.42. The molecule has 0 saturated carbocycles. The summed E-state index contributed by atoms with van der Waals surface area (Å²) < 4.78 is 10.8. The van der Waals surface area contributed by atoms with Gasteiger partial charge in [0.2, 0.25) is 0 Å². The van der Waals surface area contributed by atoms with Crippen molar-refractivity contribution in [3.8, 4) is 11.5 Å². The first-order valence-electron chi connectivity index (χ1n) is 11.5. The van der Waals surface area contributed by atoms with Crippen LogP contribution >= 0.6 is 0 Å². The van der Waals surface area contributed by atoms with Crippen molar-refractivity contribution in [2.45, 2.75) is 53.4 Å². The van der Waals surface area contributed by atoms with Crippen LogP contribution in [0.15, 0.2) is 30.4 Å². The summed E-state index contributed by atoms with van der Waals surface area (Å²) in [4.78, 5) is 2.29. The Morgan fingerprint density at radius 1 is 0.967 bits per heavy atom. The second-order valence-electron chi connectivity index (χ2n) is 9.41. The highest BCUT2D eigenvalue weighted by Crippen LogP contribution is 2.30. The molecule has 2 atom stereocenters. The first-order valence-corrected chi connectivity index (χ1v) is 11.5. The summed E-state index contributed by atoms with van der Waals surface area (Å²) in [6.45, 7) is 11.6. The van der Waals surface area contributed by atoms with E-state index in [1.54, 1.807) is 13.2 Å². The largest absolute Gasteiger partial charge is 0.504 e. The molecule has 0 heterocycles.